The molecule has 0 amide bonds. The zero-order valence-corrected chi connectivity index (χ0v) is 17.9. The molecule has 152 valence electrons. The molecule has 0 atom stereocenters. The zero-order chi connectivity index (χ0) is 20.5. The summed E-state index contributed by atoms with van der Waals surface area (Å²) in [6.07, 6.45) is 16.4. The van der Waals surface area contributed by atoms with E-state index in [1.165, 1.54) is 35.9 Å². The van der Waals surface area contributed by atoms with E-state index >= 15 is 0 Å². The lowest BCUT2D eigenvalue weighted by Gasteiger charge is -2.14. The molecule has 0 unspecified atom stereocenters. The lowest BCUT2D eigenvalue weighted by Crippen LogP contribution is -2.11. The van der Waals surface area contributed by atoms with Gasteiger partial charge in [0.1, 0.15) is 0 Å². The fourth-order valence-corrected chi connectivity index (χ4v) is 3.66. The van der Waals surface area contributed by atoms with E-state index in [1.807, 2.05) is 13.0 Å². The molecule has 0 bridgehead atoms. The van der Waals surface area contributed by atoms with Gasteiger partial charge in [-0.15, -0.1) is 0 Å². The highest BCUT2D eigenvalue weighted by molar-refractivity contribution is 6.36. The molecular weight excluding hydrogens is 372 g/mol. The number of hydrogen-bond acceptors (Lipinski definition) is 2. The fourth-order valence-electron chi connectivity index (χ4n) is 3.35. The van der Waals surface area contributed by atoms with Crippen LogP contribution in [0.1, 0.15) is 81.9 Å². The number of nitrogens with zero attached hydrogens (tertiary/aromatic N) is 2. The number of hydrogen-bond donors (Lipinski definition) is 1. The molecule has 0 aliphatic heterocycles. The van der Waals surface area contributed by atoms with Crippen molar-refractivity contribution in [1.29, 1.82) is 0 Å². The largest absolute Gasteiger partial charge is 0.477 e. The Morgan fingerprint density at radius 2 is 2.14 bits per heavy atom. The van der Waals surface area contributed by atoms with Crippen molar-refractivity contribution < 1.29 is 9.90 Å². The number of aromatic carboxylic acids is 1. The van der Waals surface area contributed by atoms with Gasteiger partial charge in [0.25, 0.3) is 0 Å². The number of unbranched alkanes of at least 4 members (excludes halogenated alkanes) is 4. The highest BCUT2D eigenvalue weighted by atomic mass is 35.5. The molecule has 0 aromatic carbocycles. The molecule has 28 heavy (non-hydrogen) atoms. The van der Waals surface area contributed by atoms with Gasteiger partial charge in [-0.05, 0) is 57.2 Å². The number of carbonyl (C=O) groups is 1. The molecule has 0 fully saturated rings. The normalized spacial score (nSPS) is 15.4. The third-order valence-corrected chi connectivity index (χ3v) is 5.20. The van der Waals surface area contributed by atoms with Crippen LogP contribution < -0.4 is 0 Å². The predicted octanol–water partition coefficient (Wildman–Crippen LogP) is 6.74. The Balaban J connectivity index is 2.26. The molecule has 1 heterocycles. The Kier molecular flexibility index (Phi) is 8.78. The Morgan fingerprint density at radius 3 is 2.86 bits per heavy atom. The lowest BCUT2D eigenvalue weighted by molar-refractivity contribution is 0.0687. The fraction of sp³-hybridized carbons (Fsp3) is 0.478. The average molecular weight is 403 g/mol. The number of aromatic nitrogens is 2. The summed E-state index contributed by atoms with van der Waals surface area (Å²) in [6, 6.07) is 1.66. The molecule has 0 saturated heterocycles. The molecule has 0 spiro atoms. The van der Waals surface area contributed by atoms with Crippen LogP contribution in [0.25, 0.3) is 5.70 Å². The van der Waals surface area contributed by atoms with Crippen LogP contribution in [0, 0.1) is 0 Å². The first-order chi connectivity index (χ1) is 13.4. The summed E-state index contributed by atoms with van der Waals surface area (Å²) in [4.78, 5) is 11.8. The zero-order valence-electron chi connectivity index (χ0n) is 17.2. The van der Waals surface area contributed by atoms with Gasteiger partial charge >= 0.3 is 5.97 Å². The second kappa shape index (κ2) is 11.1. The molecule has 1 aromatic rings. The molecule has 1 aromatic heterocycles. The van der Waals surface area contributed by atoms with Crippen LogP contribution in [-0.4, -0.2) is 20.9 Å². The summed E-state index contributed by atoms with van der Waals surface area (Å²) in [7, 11) is 0. The van der Waals surface area contributed by atoms with Gasteiger partial charge in [-0.1, -0.05) is 61.6 Å². The highest BCUT2D eigenvalue weighted by Gasteiger charge is 2.21. The summed E-state index contributed by atoms with van der Waals surface area (Å²) < 4.78 is 1.50. The number of carboxylic acid groups (broad SMARTS) is 1. The van der Waals surface area contributed by atoms with Crippen molar-refractivity contribution in [3.63, 3.8) is 0 Å². The molecule has 0 saturated carbocycles. The van der Waals surface area contributed by atoms with E-state index in [1.54, 1.807) is 12.1 Å². The Labute approximate surface area is 173 Å². The Hall–Kier alpha value is -2.07. The van der Waals surface area contributed by atoms with Crippen LogP contribution in [0.2, 0.25) is 0 Å². The quantitative estimate of drug-likeness (QED) is 0.367. The third-order valence-electron chi connectivity index (χ3n) is 4.90. The number of halogens is 1. The maximum atomic E-state index is 11.8. The minimum atomic E-state index is -0.998. The summed E-state index contributed by atoms with van der Waals surface area (Å²) in [6.45, 7) is 6.28. The molecular formula is C23H31ClN2O2. The van der Waals surface area contributed by atoms with E-state index in [-0.39, 0.29) is 5.69 Å². The first-order valence-electron chi connectivity index (χ1n) is 10.1. The van der Waals surface area contributed by atoms with E-state index in [0.717, 1.165) is 30.5 Å². The predicted molar refractivity (Wildman–Crippen MR) is 117 cm³/mol. The van der Waals surface area contributed by atoms with Crippen molar-refractivity contribution in [2.75, 3.05) is 0 Å². The molecule has 0 radical (unpaired) electrons. The smallest absolute Gasteiger partial charge is 0.354 e. The number of allylic oxidation sites excluding steroid dienone is 8. The minimum Gasteiger partial charge on any atom is -0.477 e. The van der Waals surface area contributed by atoms with Crippen molar-refractivity contribution >= 4 is 23.3 Å². The third kappa shape index (κ3) is 6.23. The van der Waals surface area contributed by atoms with Crippen molar-refractivity contribution in [3.05, 3.63) is 57.9 Å². The van der Waals surface area contributed by atoms with Crippen molar-refractivity contribution in [1.82, 2.24) is 9.78 Å². The van der Waals surface area contributed by atoms with Gasteiger partial charge in [0.05, 0.1) is 16.4 Å². The molecule has 2 rings (SSSR count). The van der Waals surface area contributed by atoms with Gasteiger partial charge < -0.3 is 5.11 Å². The standard InChI is InChI=1S/C23H31ClN2O2/c1-4-5-6-7-9-12-17(2)15-19-16-21(23(27)28)26(25-19)22-18(3)13-10-8-11-14-20(22)24/h8,11-12,14,16H,4-7,9-10,13,15H2,1-3H3,(H,27,28). The van der Waals surface area contributed by atoms with Crippen LogP contribution >= 0.6 is 11.6 Å². The minimum absolute atomic E-state index is 0.149. The van der Waals surface area contributed by atoms with Crippen LogP contribution in [0.5, 0.6) is 0 Å². The molecule has 1 N–H and O–H groups in total. The van der Waals surface area contributed by atoms with E-state index < -0.39 is 5.97 Å². The summed E-state index contributed by atoms with van der Waals surface area (Å²) >= 11 is 6.48. The monoisotopic (exact) mass is 402 g/mol. The van der Waals surface area contributed by atoms with E-state index in [0.29, 0.717) is 17.2 Å². The number of carboxylic acids is 1. The lowest BCUT2D eigenvalue weighted by atomic mass is 10.1. The topological polar surface area (TPSA) is 55.1 Å². The van der Waals surface area contributed by atoms with Crippen molar-refractivity contribution in [2.24, 2.45) is 0 Å². The second-order valence-electron chi connectivity index (χ2n) is 7.42. The summed E-state index contributed by atoms with van der Waals surface area (Å²) in [5.41, 5.74) is 3.83. The maximum absolute atomic E-state index is 11.8. The first-order valence-corrected chi connectivity index (χ1v) is 10.5. The van der Waals surface area contributed by atoms with Gasteiger partial charge in [0.15, 0.2) is 5.69 Å². The van der Waals surface area contributed by atoms with Crippen LogP contribution in [0.3, 0.4) is 0 Å². The average Bonchev–Trinajstić information content (AvgIpc) is 3.03. The van der Waals surface area contributed by atoms with Gasteiger partial charge in [0.2, 0.25) is 0 Å². The Morgan fingerprint density at radius 1 is 1.36 bits per heavy atom. The maximum Gasteiger partial charge on any atom is 0.354 e. The van der Waals surface area contributed by atoms with Crippen molar-refractivity contribution in [3.8, 4) is 0 Å². The number of rotatable bonds is 9. The second-order valence-corrected chi connectivity index (χ2v) is 7.83. The van der Waals surface area contributed by atoms with Gasteiger partial charge in [-0.3, -0.25) is 0 Å². The summed E-state index contributed by atoms with van der Waals surface area (Å²) in [5, 5.41) is 14.8. The van der Waals surface area contributed by atoms with E-state index in [2.05, 4.69) is 31.1 Å². The van der Waals surface area contributed by atoms with Crippen molar-refractivity contribution in [2.45, 2.75) is 72.1 Å². The molecule has 4 nitrogen and oxygen atoms in total. The first kappa shape index (κ1) is 22.2. The van der Waals surface area contributed by atoms with Crippen LogP contribution in [-0.2, 0) is 6.42 Å². The highest BCUT2D eigenvalue weighted by Crippen LogP contribution is 2.29. The molecule has 5 heteroatoms. The Bertz CT molecular complexity index is 813. The van der Waals surface area contributed by atoms with Gasteiger partial charge in [-0.2, -0.15) is 5.10 Å². The van der Waals surface area contributed by atoms with Gasteiger partial charge in [0, 0.05) is 6.42 Å². The van der Waals surface area contributed by atoms with Gasteiger partial charge in [-0.25, -0.2) is 9.48 Å². The van der Waals surface area contributed by atoms with Crippen LogP contribution in [0.4, 0.5) is 0 Å². The van der Waals surface area contributed by atoms with E-state index in [4.69, 9.17) is 11.6 Å². The summed E-state index contributed by atoms with van der Waals surface area (Å²) in [5.74, 6) is -0.998. The molecule has 1 aliphatic carbocycles. The van der Waals surface area contributed by atoms with Crippen LogP contribution in [0.15, 0.2) is 46.5 Å². The molecule has 1 aliphatic rings. The van der Waals surface area contributed by atoms with E-state index in [9.17, 15) is 9.90 Å². The SMILES string of the molecule is CCCCCCC=C(C)Cc1cc(C(=O)O)n(C2=C(C)CCC=CC=C2Cl)n1.